The summed E-state index contributed by atoms with van der Waals surface area (Å²) in [5.41, 5.74) is 1.09. The van der Waals surface area contributed by atoms with Crippen molar-refractivity contribution in [2.75, 3.05) is 13.3 Å². The van der Waals surface area contributed by atoms with Crippen molar-refractivity contribution in [3.05, 3.63) is 22.2 Å². The molecule has 0 fully saturated rings. The Bertz CT molecular complexity index is 398. The maximum Gasteiger partial charge on any atom is 0.231 e. The van der Waals surface area contributed by atoms with Crippen molar-refractivity contribution in [1.82, 2.24) is 5.32 Å². The van der Waals surface area contributed by atoms with Gasteiger partial charge in [0.2, 0.25) is 6.79 Å². The number of ether oxygens (including phenoxy) is 2. The van der Waals surface area contributed by atoms with Gasteiger partial charge in [0.1, 0.15) is 0 Å². The van der Waals surface area contributed by atoms with Crippen LogP contribution in [0.4, 0.5) is 0 Å². The Morgan fingerprint density at radius 3 is 2.82 bits per heavy atom. The van der Waals surface area contributed by atoms with E-state index in [9.17, 15) is 5.11 Å². The lowest BCUT2D eigenvalue weighted by molar-refractivity contribution is 0.167. The van der Waals surface area contributed by atoms with E-state index in [2.05, 4.69) is 21.2 Å². The van der Waals surface area contributed by atoms with Crippen LogP contribution in [0.5, 0.6) is 11.5 Å². The van der Waals surface area contributed by atoms with Gasteiger partial charge in [-0.1, -0.05) is 22.9 Å². The van der Waals surface area contributed by atoms with Gasteiger partial charge in [0.25, 0.3) is 0 Å². The van der Waals surface area contributed by atoms with Gasteiger partial charge in [-0.2, -0.15) is 0 Å². The van der Waals surface area contributed by atoms with Crippen molar-refractivity contribution in [3.63, 3.8) is 0 Å². The Morgan fingerprint density at radius 2 is 2.12 bits per heavy atom. The van der Waals surface area contributed by atoms with Gasteiger partial charge in [-0.15, -0.1) is 0 Å². The van der Waals surface area contributed by atoms with Crippen molar-refractivity contribution in [1.29, 1.82) is 0 Å². The number of hydrogen-bond acceptors (Lipinski definition) is 4. The van der Waals surface area contributed by atoms with Gasteiger partial charge < -0.3 is 19.9 Å². The molecule has 1 aromatic rings. The molecule has 2 N–H and O–H groups in total. The van der Waals surface area contributed by atoms with Crippen molar-refractivity contribution < 1.29 is 14.6 Å². The van der Waals surface area contributed by atoms with Crippen LogP contribution in [-0.2, 0) is 6.54 Å². The fourth-order valence-electron chi connectivity index (χ4n) is 1.61. The molecule has 1 aromatic carbocycles. The fourth-order valence-corrected chi connectivity index (χ4v) is 2.08. The van der Waals surface area contributed by atoms with Crippen LogP contribution in [0.15, 0.2) is 16.6 Å². The number of halogens is 1. The molecular weight excluding hydrogens is 286 g/mol. The van der Waals surface area contributed by atoms with Gasteiger partial charge in [-0.05, 0) is 24.1 Å². The fraction of sp³-hybridized carbons (Fsp3) is 0.500. The first-order valence-corrected chi connectivity index (χ1v) is 6.46. The predicted molar refractivity (Wildman–Crippen MR) is 68.3 cm³/mol. The molecule has 0 amide bonds. The lowest BCUT2D eigenvalue weighted by Crippen LogP contribution is -2.25. The van der Waals surface area contributed by atoms with Gasteiger partial charge in [0, 0.05) is 17.6 Å². The summed E-state index contributed by atoms with van der Waals surface area (Å²) in [4.78, 5) is 0. The molecule has 1 aliphatic heterocycles. The molecule has 2 rings (SSSR count). The molecular formula is C12H16BrNO3. The zero-order valence-electron chi connectivity index (χ0n) is 9.70. The Morgan fingerprint density at radius 1 is 1.41 bits per heavy atom. The average Bonchev–Trinajstić information content (AvgIpc) is 2.76. The van der Waals surface area contributed by atoms with Crippen molar-refractivity contribution >= 4 is 15.9 Å². The van der Waals surface area contributed by atoms with Crippen molar-refractivity contribution in [2.24, 2.45) is 0 Å². The van der Waals surface area contributed by atoms with E-state index in [4.69, 9.17) is 9.47 Å². The highest BCUT2D eigenvalue weighted by molar-refractivity contribution is 9.10. The average molecular weight is 302 g/mol. The number of aliphatic hydroxyl groups is 1. The molecule has 0 radical (unpaired) electrons. The van der Waals surface area contributed by atoms with Crippen LogP contribution in [0, 0.1) is 0 Å². The Labute approximate surface area is 109 Å². The van der Waals surface area contributed by atoms with Crippen LogP contribution < -0.4 is 14.8 Å². The zero-order valence-corrected chi connectivity index (χ0v) is 11.3. The third-order valence-electron chi connectivity index (χ3n) is 2.71. The maximum absolute atomic E-state index is 9.44. The zero-order chi connectivity index (χ0) is 12.3. The minimum atomic E-state index is -0.289. The largest absolute Gasteiger partial charge is 0.454 e. The summed E-state index contributed by atoms with van der Waals surface area (Å²) in [5, 5.41) is 12.6. The summed E-state index contributed by atoms with van der Waals surface area (Å²) in [6.45, 7) is 3.53. The molecule has 0 spiro atoms. The second-order valence-corrected chi connectivity index (χ2v) is 4.84. The van der Waals surface area contributed by atoms with E-state index in [-0.39, 0.29) is 12.9 Å². The quantitative estimate of drug-likeness (QED) is 0.874. The van der Waals surface area contributed by atoms with E-state index in [1.807, 2.05) is 19.1 Å². The summed E-state index contributed by atoms with van der Waals surface area (Å²) in [5.74, 6) is 1.55. The second kappa shape index (κ2) is 5.71. The van der Waals surface area contributed by atoms with E-state index < -0.39 is 0 Å². The van der Waals surface area contributed by atoms with Gasteiger partial charge >= 0.3 is 0 Å². The highest BCUT2D eigenvalue weighted by Crippen LogP contribution is 2.36. The van der Waals surface area contributed by atoms with Crippen LogP contribution in [-0.4, -0.2) is 24.5 Å². The number of hydrogen-bond donors (Lipinski definition) is 2. The van der Waals surface area contributed by atoms with Gasteiger partial charge in [0.15, 0.2) is 11.5 Å². The molecule has 5 heteroatoms. The Hall–Kier alpha value is -0.780. The summed E-state index contributed by atoms with van der Waals surface area (Å²) in [7, 11) is 0. The van der Waals surface area contributed by atoms with E-state index >= 15 is 0 Å². The van der Waals surface area contributed by atoms with Crippen LogP contribution in [0.3, 0.4) is 0 Å². The lowest BCUT2D eigenvalue weighted by atomic mass is 10.2. The molecule has 94 valence electrons. The van der Waals surface area contributed by atoms with Gasteiger partial charge in [-0.3, -0.25) is 0 Å². The van der Waals surface area contributed by atoms with Gasteiger partial charge in [-0.25, -0.2) is 0 Å². The minimum Gasteiger partial charge on any atom is -0.454 e. The summed E-state index contributed by atoms with van der Waals surface area (Å²) in [6.07, 6.45) is 0.470. The summed E-state index contributed by atoms with van der Waals surface area (Å²) < 4.78 is 11.6. The maximum atomic E-state index is 9.44. The third kappa shape index (κ3) is 3.12. The summed E-state index contributed by atoms with van der Waals surface area (Å²) in [6, 6.07) is 3.87. The Kier molecular flexibility index (Phi) is 4.25. The van der Waals surface area contributed by atoms with E-state index in [0.717, 1.165) is 28.0 Å². The minimum absolute atomic E-state index is 0.285. The lowest BCUT2D eigenvalue weighted by Gasteiger charge is -2.11. The molecule has 0 aromatic heterocycles. The number of nitrogens with one attached hydrogen (secondary N) is 1. The molecule has 1 aliphatic rings. The van der Waals surface area contributed by atoms with Crippen LogP contribution in [0.1, 0.15) is 18.9 Å². The molecule has 1 atom stereocenters. The van der Waals surface area contributed by atoms with Crippen LogP contribution in [0.2, 0.25) is 0 Å². The third-order valence-corrected chi connectivity index (χ3v) is 3.45. The normalized spacial score (nSPS) is 15.0. The van der Waals surface area contributed by atoms with Gasteiger partial charge in [0.05, 0.1) is 6.10 Å². The smallest absolute Gasteiger partial charge is 0.231 e. The first kappa shape index (κ1) is 12.7. The molecule has 17 heavy (non-hydrogen) atoms. The number of benzene rings is 1. The highest BCUT2D eigenvalue weighted by atomic mass is 79.9. The highest BCUT2D eigenvalue weighted by Gasteiger charge is 2.16. The number of rotatable bonds is 5. The molecule has 0 bridgehead atoms. The van der Waals surface area contributed by atoms with Crippen molar-refractivity contribution in [3.8, 4) is 11.5 Å². The monoisotopic (exact) mass is 301 g/mol. The topological polar surface area (TPSA) is 50.7 Å². The molecule has 0 saturated heterocycles. The van der Waals surface area contributed by atoms with Crippen molar-refractivity contribution in [2.45, 2.75) is 26.0 Å². The molecule has 1 heterocycles. The molecule has 0 aliphatic carbocycles. The standard InChI is InChI=1S/C12H16BrNO3/c1-2-9(15)6-14-5-8-3-11-12(4-10(8)13)17-7-16-11/h3-4,9,14-15H,2,5-7H2,1H3. The first-order chi connectivity index (χ1) is 8.20. The molecule has 4 nitrogen and oxygen atoms in total. The summed E-state index contributed by atoms with van der Waals surface area (Å²) >= 11 is 3.50. The van der Waals surface area contributed by atoms with E-state index in [0.29, 0.717) is 13.1 Å². The molecule has 0 saturated carbocycles. The predicted octanol–water partition coefficient (Wildman–Crippen LogP) is 2.04. The number of fused-ring (bicyclic) bond motifs is 1. The second-order valence-electron chi connectivity index (χ2n) is 3.99. The first-order valence-electron chi connectivity index (χ1n) is 5.67. The number of aliphatic hydroxyl groups excluding tert-OH is 1. The SMILES string of the molecule is CCC(O)CNCc1cc2c(cc1Br)OCO2. The van der Waals surface area contributed by atoms with E-state index in [1.165, 1.54) is 0 Å². The van der Waals surface area contributed by atoms with Crippen LogP contribution in [0.25, 0.3) is 0 Å². The van der Waals surface area contributed by atoms with E-state index in [1.54, 1.807) is 0 Å². The van der Waals surface area contributed by atoms with Crippen LogP contribution >= 0.6 is 15.9 Å². The Balaban J connectivity index is 1.97. The molecule has 1 unspecified atom stereocenters.